The standard InChI is InChI=1S/C9H17NO3/c1-4-5-6-7(8(10)11-5)13-9(2,3)12-6/h5-8H,4,10H2,1-3H3/t5?,6-,7-,8?/m1/s1. The van der Waals surface area contributed by atoms with E-state index in [1.54, 1.807) is 0 Å². The molecule has 2 rings (SSSR count). The highest BCUT2D eigenvalue weighted by Gasteiger charge is 2.53. The van der Waals surface area contributed by atoms with Crippen LogP contribution in [0.25, 0.3) is 0 Å². The lowest BCUT2D eigenvalue weighted by Crippen LogP contribution is -2.35. The highest BCUT2D eigenvalue weighted by molar-refractivity contribution is 4.95. The summed E-state index contributed by atoms with van der Waals surface area (Å²) in [4.78, 5) is 0. The van der Waals surface area contributed by atoms with E-state index in [1.807, 2.05) is 13.8 Å². The number of hydrogen-bond acceptors (Lipinski definition) is 4. The second-order valence-electron chi connectivity index (χ2n) is 4.11. The van der Waals surface area contributed by atoms with Crippen LogP contribution in [-0.4, -0.2) is 30.3 Å². The number of fused-ring (bicyclic) bond motifs is 1. The van der Waals surface area contributed by atoms with Gasteiger partial charge in [-0.2, -0.15) is 0 Å². The molecule has 0 saturated carbocycles. The van der Waals surface area contributed by atoms with Crippen molar-refractivity contribution in [3.05, 3.63) is 0 Å². The van der Waals surface area contributed by atoms with Gasteiger partial charge < -0.3 is 19.9 Å². The first-order chi connectivity index (χ1) is 6.03. The van der Waals surface area contributed by atoms with Crippen molar-refractivity contribution in [1.82, 2.24) is 0 Å². The van der Waals surface area contributed by atoms with Crippen LogP contribution < -0.4 is 5.73 Å². The highest BCUT2D eigenvalue weighted by Crippen LogP contribution is 2.37. The molecular weight excluding hydrogens is 170 g/mol. The van der Waals surface area contributed by atoms with Gasteiger partial charge in [0.15, 0.2) is 5.79 Å². The Morgan fingerprint density at radius 2 is 1.85 bits per heavy atom. The van der Waals surface area contributed by atoms with E-state index in [9.17, 15) is 0 Å². The zero-order valence-electron chi connectivity index (χ0n) is 8.32. The third kappa shape index (κ3) is 1.48. The van der Waals surface area contributed by atoms with E-state index in [0.717, 1.165) is 6.42 Å². The average molecular weight is 187 g/mol. The molecule has 4 atom stereocenters. The number of ether oxygens (including phenoxy) is 3. The van der Waals surface area contributed by atoms with Gasteiger partial charge in [-0.05, 0) is 20.3 Å². The summed E-state index contributed by atoms with van der Waals surface area (Å²) in [6.45, 7) is 5.88. The Morgan fingerprint density at radius 1 is 1.23 bits per heavy atom. The topological polar surface area (TPSA) is 53.7 Å². The van der Waals surface area contributed by atoms with E-state index in [4.69, 9.17) is 19.9 Å². The Kier molecular flexibility index (Phi) is 2.11. The normalized spacial score (nSPS) is 48.0. The Hall–Kier alpha value is -0.160. The van der Waals surface area contributed by atoms with Crippen LogP contribution in [0, 0.1) is 0 Å². The predicted molar refractivity (Wildman–Crippen MR) is 47.0 cm³/mol. The molecule has 0 bridgehead atoms. The molecule has 0 amide bonds. The van der Waals surface area contributed by atoms with Gasteiger partial charge in [0, 0.05) is 0 Å². The number of hydrogen-bond donors (Lipinski definition) is 1. The lowest BCUT2D eigenvalue weighted by Gasteiger charge is -2.22. The number of rotatable bonds is 1. The molecule has 2 saturated heterocycles. The van der Waals surface area contributed by atoms with Crippen LogP contribution in [0.15, 0.2) is 0 Å². The molecule has 2 N–H and O–H groups in total. The molecule has 2 aliphatic heterocycles. The van der Waals surface area contributed by atoms with E-state index in [1.165, 1.54) is 0 Å². The van der Waals surface area contributed by atoms with Crippen molar-refractivity contribution in [2.45, 2.75) is 57.5 Å². The maximum atomic E-state index is 5.78. The summed E-state index contributed by atoms with van der Waals surface area (Å²) >= 11 is 0. The van der Waals surface area contributed by atoms with Crippen molar-refractivity contribution < 1.29 is 14.2 Å². The zero-order chi connectivity index (χ0) is 9.64. The fourth-order valence-corrected chi connectivity index (χ4v) is 2.04. The summed E-state index contributed by atoms with van der Waals surface area (Å²) in [7, 11) is 0. The van der Waals surface area contributed by atoms with Crippen molar-refractivity contribution in [3.8, 4) is 0 Å². The first kappa shape index (κ1) is 9.40. The molecule has 0 aromatic heterocycles. The molecule has 0 spiro atoms. The van der Waals surface area contributed by atoms with Gasteiger partial charge in [0.1, 0.15) is 18.4 Å². The molecular formula is C9H17NO3. The second-order valence-corrected chi connectivity index (χ2v) is 4.11. The summed E-state index contributed by atoms with van der Waals surface area (Å²) < 4.78 is 16.9. The molecule has 4 heteroatoms. The van der Waals surface area contributed by atoms with Crippen molar-refractivity contribution in [2.75, 3.05) is 0 Å². The summed E-state index contributed by atoms with van der Waals surface area (Å²) in [5.74, 6) is -0.510. The van der Waals surface area contributed by atoms with E-state index < -0.39 is 5.79 Å². The van der Waals surface area contributed by atoms with Gasteiger partial charge in [-0.3, -0.25) is 0 Å². The van der Waals surface area contributed by atoms with E-state index >= 15 is 0 Å². The average Bonchev–Trinajstić information content (AvgIpc) is 2.47. The minimum atomic E-state index is -0.510. The predicted octanol–water partition coefficient (Wildman–Crippen LogP) is 0.600. The molecule has 0 aliphatic carbocycles. The summed E-state index contributed by atoms with van der Waals surface area (Å²) in [6.07, 6.45) is 0.572. The minimum Gasteiger partial charge on any atom is -0.355 e. The molecule has 0 aromatic carbocycles. The maximum absolute atomic E-state index is 5.78. The van der Waals surface area contributed by atoms with E-state index in [-0.39, 0.29) is 24.5 Å². The molecule has 2 heterocycles. The molecule has 2 fully saturated rings. The second kappa shape index (κ2) is 2.92. The van der Waals surface area contributed by atoms with Gasteiger partial charge in [-0.1, -0.05) is 6.92 Å². The van der Waals surface area contributed by atoms with Crippen molar-refractivity contribution in [2.24, 2.45) is 5.73 Å². The van der Waals surface area contributed by atoms with Crippen LogP contribution in [0.4, 0.5) is 0 Å². The van der Waals surface area contributed by atoms with Gasteiger partial charge >= 0.3 is 0 Å². The van der Waals surface area contributed by atoms with Crippen LogP contribution in [-0.2, 0) is 14.2 Å². The van der Waals surface area contributed by atoms with Crippen LogP contribution in [0.5, 0.6) is 0 Å². The van der Waals surface area contributed by atoms with Gasteiger partial charge in [0.25, 0.3) is 0 Å². The largest absolute Gasteiger partial charge is 0.355 e. The molecule has 0 aromatic rings. The Bertz CT molecular complexity index is 207. The lowest BCUT2D eigenvalue weighted by atomic mass is 10.1. The number of nitrogens with two attached hydrogens (primary N) is 1. The first-order valence-electron chi connectivity index (χ1n) is 4.80. The molecule has 2 unspecified atom stereocenters. The molecule has 0 radical (unpaired) electrons. The molecule has 13 heavy (non-hydrogen) atoms. The maximum Gasteiger partial charge on any atom is 0.164 e. The Labute approximate surface area is 78.3 Å². The first-order valence-corrected chi connectivity index (χ1v) is 4.80. The van der Waals surface area contributed by atoms with Crippen LogP contribution in [0.1, 0.15) is 27.2 Å². The molecule has 2 aliphatic rings. The van der Waals surface area contributed by atoms with Gasteiger partial charge in [-0.15, -0.1) is 0 Å². The summed E-state index contributed by atoms with van der Waals surface area (Å²) in [6, 6.07) is 0. The van der Waals surface area contributed by atoms with Crippen molar-refractivity contribution >= 4 is 0 Å². The molecule has 76 valence electrons. The SMILES string of the molecule is CCC1OC(N)[C@@H]2OC(C)(C)O[C@H]12. The Balaban J connectivity index is 2.12. The third-order valence-electron chi connectivity index (χ3n) is 2.59. The minimum absolute atomic E-state index is 0.00926. The van der Waals surface area contributed by atoms with Gasteiger partial charge in [0.2, 0.25) is 0 Å². The van der Waals surface area contributed by atoms with Crippen molar-refractivity contribution in [1.29, 1.82) is 0 Å². The summed E-state index contributed by atoms with van der Waals surface area (Å²) in [5.41, 5.74) is 5.78. The van der Waals surface area contributed by atoms with E-state index in [0.29, 0.717) is 0 Å². The van der Waals surface area contributed by atoms with Gasteiger partial charge in [-0.25, -0.2) is 0 Å². The fourth-order valence-electron chi connectivity index (χ4n) is 2.04. The zero-order valence-corrected chi connectivity index (χ0v) is 8.32. The quantitative estimate of drug-likeness (QED) is 0.653. The van der Waals surface area contributed by atoms with Crippen LogP contribution in [0.3, 0.4) is 0 Å². The van der Waals surface area contributed by atoms with E-state index in [2.05, 4.69) is 6.92 Å². The van der Waals surface area contributed by atoms with Crippen LogP contribution >= 0.6 is 0 Å². The third-order valence-corrected chi connectivity index (χ3v) is 2.59. The fraction of sp³-hybridized carbons (Fsp3) is 1.00. The lowest BCUT2D eigenvalue weighted by molar-refractivity contribution is -0.186. The van der Waals surface area contributed by atoms with Crippen LogP contribution in [0.2, 0.25) is 0 Å². The smallest absolute Gasteiger partial charge is 0.164 e. The molecule has 4 nitrogen and oxygen atoms in total. The Morgan fingerprint density at radius 3 is 2.46 bits per heavy atom. The van der Waals surface area contributed by atoms with Crippen molar-refractivity contribution in [3.63, 3.8) is 0 Å². The van der Waals surface area contributed by atoms with Gasteiger partial charge in [0.05, 0.1) is 6.10 Å². The highest BCUT2D eigenvalue weighted by atomic mass is 16.8. The summed E-state index contributed by atoms with van der Waals surface area (Å²) in [5, 5.41) is 0. The monoisotopic (exact) mass is 187 g/mol.